The number of hydrogen-bond acceptors (Lipinski definition) is 3. The summed E-state index contributed by atoms with van der Waals surface area (Å²) in [6.45, 7) is 4.07. The highest BCUT2D eigenvalue weighted by Gasteiger charge is 2.37. The zero-order chi connectivity index (χ0) is 16.3. The Kier molecular flexibility index (Phi) is 5.92. The molecule has 0 aliphatic heterocycles. The summed E-state index contributed by atoms with van der Waals surface area (Å²) in [6, 6.07) is 0.0800. The average Bonchev–Trinajstić information content (AvgIpc) is 3.22. The van der Waals surface area contributed by atoms with Crippen LogP contribution in [-0.2, 0) is 14.6 Å². The van der Waals surface area contributed by atoms with Crippen molar-refractivity contribution < 1.29 is 13.2 Å². The summed E-state index contributed by atoms with van der Waals surface area (Å²) < 4.78 is 23.1. The van der Waals surface area contributed by atoms with Gasteiger partial charge in [-0.05, 0) is 31.6 Å². The minimum absolute atomic E-state index is 0.0764. The summed E-state index contributed by atoms with van der Waals surface area (Å²) in [5.74, 6) is 1.33. The fraction of sp³-hybridized carbons (Fsp3) is 0.941. The molecule has 0 bridgehead atoms. The Bertz CT molecular complexity index is 478. The van der Waals surface area contributed by atoms with E-state index in [1.54, 1.807) is 0 Å². The normalized spacial score (nSPS) is 23.0. The monoisotopic (exact) mass is 329 g/mol. The van der Waals surface area contributed by atoms with E-state index < -0.39 is 9.84 Å². The molecule has 2 saturated carbocycles. The van der Waals surface area contributed by atoms with Crippen molar-refractivity contribution in [2.75, 3.05) is 12.0 Å². The zero-order valence-corrected chi connectivity index (χ0v) is 15.1. The van der Waals surface area contributed by atoms with Crippen LogP contribution < -0.4 is 0 Å². The van der Waals surface area contributed by atoms with Gasteiger partial charge in [-0.1, -0.05) is 39.0 Å². The number of hydrogen-bond donors (Lipinski definition) is 0. The molecule has 2 rings (SSSR count). The lowest BCUT2D eigenvalue weighted by Gasteiger charge is -2.32. The molecule has 0 aromatic heterocycles. The molecule has 2 aliphatic rings. The molecular weight excluding hydrogens is 298 g/mol. The second-order valence-electron chi connectivity index (χ2n) is 7.55. The third kappa shape index (κ3) is 5.25. The number of rotatable bonds is 7. The second kappa shape index (κ2) is 7.33. The summed E-state index contributed by atoms with van der Waals surface area (Å²) in [5.41, 5.74) is 0. The van der Waals surface area contributed by atoms with Crippen LogP contribution >= 0.6 is 0 Å². The van der Waals surface area contributed by atoms with Gasteiger partial charge in [0.05, 0.1) is 5.75 Å². The maximum Gasteiger partial charge on any atom is 0.223 e. The quantitative estimate of drug-likeness (QED) is 0.721. The van der Waals surface area contributed by atoms with Gasteiger partial charge in [-0.25, -0.2) is 8.42 Å². The smallest absolute Gasteiger partial charge is 0.223 e. The summed E-state index contributed by atoms with van der Waals surface area (Å²) in [6.07, 6.45) is 10.3. The van der Waals surface area contributed by atoms with Crippen LogP contribution in [0.5, 0.6) is 0 Å². The van der Waals surface area contributed by atoms with Crippen molar-refractivity contribution >= 4 is 15.7 Å². The molecule has 0 N–H and O–H groups in total. The molecule has 0 spiro atoms. The van der Waals surface area contributed by atoms with Gasteiger partial charge < -0.3 is 4.90 Å². The van der Waals surface area contributed by atoms with Crippen LogP contribution in [0.2, 0.25) is 0 Å². The SMILES string of the molecule is CC(CC(=O)N(C(C)CS(C)(=O)=O)C1CC1)C1CCCCC1. The Morgan fingerprint density at radius 3 is 2.18 bits per heavy atom. The fourth-order valence-electron chi connectivity index (χ4n) is 3.93. The van der Waals surface area contributed by atoms with Gasteiger partial charge in [0, 0.05) is 24.8 Å². The maximum atomic E-state index is 12.7. The van der Waals surface area contributed by atoms with Gasteiger partial charge in [0.25, 0.3) is 0 Å². The van der Waals surface area contributed by atoms with E-state index in [0.717, 1.165) is 12.8 Å². The Balaban J connectivity index is 1.94. The van der Waals surface area contributed by atoms with Crippen molar-refractivity contribution in [3.63, 3.8) is 0 Å². The van der Waals surface area contributed by atoms with E-state index in [2.05, 4.69) is 6.92 Å². The van der Waals surface area contributed by atoms with E-state index in [1.807, 2.05) is 11.8 Å². The molecule has 128 valence electrons. The Labute approximate surface area is 135 Å². The Hall–Kier alpha value is -0.580. The molecule has 5 heteroatoms. The molecule has 1 amide bonds. The van der Waals surface area contributed by atoms with E-state index >= 15 is 0 Å². The minimum atomic E-state index is -3.05. The number of carbonyl (C=O) groups is 1. The highest BCUT2D eigenvalue weighted by Crippen LogP contribution is 2.34. The van der Waals surface area contributed by atoms with Gasteiger partial charge >= 0.3 is 0 Å². The molecule has 0 aromatic rings. The molecule has 0 radical (unpaired) electrons. The summed E-state index contributed by atoms with van der Waals surface area (Å²) >= 11 is 0. The van der Waals surface area contributed by atoms with Crippen LogP contribution in [-0.4, -0.2) is 43.3 Å². The van der Waals surface area contributed by atoms with Crippen LogP contribution in [0.4, 0.5) is 0 Å². The first-order chi connectivity index (χ1) is 10.3. The summed E-state index contributed by atoms with van der Waals surface area (Å²) in [4.78, 5) is 14.6. The van der Waals surface area contributed by atoms with Gasteiger partial charge in [0.15, 0.2) is 0 Å². The first-order valence-corrected chi connectivity index (χ1v) is 10.8. The molecule has 2 fully saturated rings. The van der Waals surface area contributed by atoms with Gasteiger partial charge in [0.2, 0.25) is 5.91 Å². The van der Waals surface area contributed by atoms with E-state index in [1.165, 1.54) is 38.4 Å². The maximum absolute atomic E-state index is 12.7. The second-order valence-corrected chi connectivity index (χ2v) is 9.74. The molecule has 0 heterocycles. The van der Waals surface area contributed by atoms with Crippen molar-refractivity contribution in [1.29, 1.82) is 0 Å². The molecule has 2 aliphatic carbocycles. The van der Waals surface area contributed by atoms with Crippen LogP contribution in [0.1, 0.15) is 65.2 Å². The molecule has 22 heavy (non-hydrogen) atoms. The molecule has 0 saturated heterocycles. The van der Waals surface area contributed by atoms with E-state index in [0.29, 0.717) is 18.3 Å². The minimum Gasteiger partial charge on any atom is -0.336 e. The van der Waals surface area contributed by atoms with Crippen molar-refractivity contribution in [3.05, 3.63) is 0 Å². The van der Waals surface area contributed by atoms with Crippen molar-refractivity contribution in [3.8, 4) is 0 Å². The lowest BCUT2D eigenvalue weighted by molar-refractivity contribution is -0.134. The van der Waals surface area contributed by atoms with Gasteiger partial charge in [-0.15, -0.1) is 0 Å². The molecule has 4 nitrogen and oxygen atoms in total. The van der Waals surface area contributed by atoms with E-state index in [-0.39, 0.29) is 23.7 Å². The van der Waals surface area contributed by atoms with Crippen LogP contribution in [0.3, 0.4) is 0 Å². The van der Waals surface area contributed by atoms with E-state index in [9.17, 15) is 13.2 Å². The third-order valence-electron chi connectivity index (χ3n) is 5.20. The zero-order valence-electron chi connectivity index (χ0n) is 14.3. The first-order valence-electron chi connectivity index (χ1n) is 8.77. The van der Waals surface area contributed by atoms with Crippen LogP contribution in [0.15, 0.2) is 0 Å². The standard InChI is InChI=1S/C17H31NO3S/c1-13(15-7-5-4-6-8-15)11-17(19)18(16-9-10-16)14(2)12-22(3,20)21/h13-16H,4-12H2,1-3H3. The molecule has 0 aromatic carbocycles. The number of amides is 1. The Morgan fingerprint density at radius 1 is 1.09 bits per heavy atom. The van der Waals surface area contributed by atoms with Gasteiger partial charge in [-0.2, -0.15) is 0 Å². The van der Waals surface area contributed by atoms with Crippen molar-refractivity contribution in [2.24, 2.45) is 11.8 Å². The van der Waals surface area contributed by atoms with Crippen molar-refractivity contribution in [2.45, 2.75) is 77.3 Å². The number of nitrogens with zero attached hydrogens (tertiary/aromatic N) is 1. The topological polar surface area (TPSA) is 54.5 Å². The molecule has 2 atom stereocenters. The van der Waals surface area contributed by atoms with Crippen molar-refractivity contribution in [1.82, 2.24) is 4.90 Å². The Morgan fingerprint density at radius 2 is 1.68 bits per heavy atom. The highest BCUT2D eigenvalue weighted by atomic mass is 32.2. The summed E-state index contributed by atoms with van der Waals surface area (Å²) in [7, 11) is -3.05. The van der Waals surface area contributed by atoms with Gasteiger partial charge in [0.1, 0.15) is 9.84 Å². The van der Waals surface area contributed by atoms with Gasteiger partial charge in [-0.3, -0.25) is 4.79 Å². The van der Waals surface area contributed by atoms with E-state index in [4.69, 9.17) is 0 Å². The number of sulfone groups is 1. The van der Waals surface area contributed by atoms with Crippen LogP contribution in [0.25, 0.3) is 0 Å². The van der Waals surface area contributed by atoms with Crippen LogP contribution in [0, 0.1) is 11.8 Å². The third-order valence-corrected chi connectivity index (χ3v) is 6.29. The lowest BCUT2D eigenvalue weighted by Crippen LogP contribution is -2.44. The fourth-order valence-corrected chi connectivity index (χ4v) is 4.97. The lowest BCUT2D eigenvalue weighted by atomic mass is 9.79. The summed E-state index contributed by atoms with van der Waals surface area (Å²) in [5, 5.41) is 0. The number of carbonyl (C=O) groups excluding carboxylic acids is 1. The average molecular weight is 330 g/mol. The molecule has 2 unspecified atom stereocenters. The highest BCUT2D eigenvalue weighted by molar-refractivity contribution is 7.90. The first kappa shape index (κ1) is 17.8. The molecular formula is C17H31NO3S. The largest absolute Gasteiger partial charge is 0.336 e. The predicted octanol–water partition coefficient (Wildman–Crippen LogP) is 3.02. The predicted molar refractivity (Wildman–Crippen MR) is 89.4 cm³/mol.